The Hall–Kier alpha value is 0.210. The Morgan fingerprint density at radius 2 is 2.00 bits per heavy atom. The average molecular weight is 178 g/mol. The first kappa shape index (κ1) is 9.30. The lowest BCUT2D eigenvalue weighted by molar-refractivity contribution is 0.0559. The van der Waals surface area contributed by atoms with Crippen molar-refractivity contribution in [3.8, 4) is 0 Å². The molecule has 2 atom stereocenters. The van der Waals surface area contributed by atoms with Gasteiger partial charge in [-0.1, -0.05) is 0 Å². The normalized spacial score (nSPS) is 37.9. The molecule has 2 nitrogen and oxygen atoms in total. The van der Waals surface area contributed by atoms with Crippen LogP contribution in [0.3, 0.4) is 0 Å². The molecule has 0 radical (unpaired) electrons. The highest BCUT2D eigenvalue weighted by molar-refractivity contribution is 5.85. The maximum Gasteiger partial charge on any atom is 0.0667 e. The van der Waals surface area contributed by atoms with Crippen LogP contribution in [0.1, 0.15) is 25.7 Å². The lowest BCUT2D eigenvalue weighted by Crippen LogP contribution is -2.41. The maximum absolute atomic E-state index is 9.31. The van der Waals surface area contributed by atoms with Crippen molar-refractivity contribution >= 4 is 12.4 Å². The van der Waals surface area contributed by atoms with E-state index in [0.29, 0.717) is 0 Å². The fourth-order valence-electron chi connectivity index (χ4n) is 2.21. The van der Waals surface area contributed by atoms with Gasteiger partial charge in [-0.05, 0) is 32.2 Å². The minimum Gasteiger partial charge on any atom is -0.392 e. The Morgan fingerprint density at radius 3 is 2.82 bits per heavy atom. The summed E-state index contributed by atoms with van der Waals surface area (Å²) in [6.45, 7) is 2.16. The summed E-state index contributed by atoms with van der Waals surface area (Å²) < 4.78 is 0. The summed E-state index contributed by atoms with van der Waals surface area (Å²) >= 11 is 0. The van der Waals surface area contributed by atoms with E-state index in [2.05, 4.69) is 4.90 Å². The molecule has 3 heteroatoms. The lowest BCUT2D eigenvalue weighted by Gasteiger charge is -2.32. The number of nitrogens with zero attached hydrogens (tertiary/aromatic N) is 1. The topological polar surface area (TPSA) is 23.5 Å². The molecule has 2 fully saturated rings. The molecule has 0 spiro atoms. The Balaban J connectivity index is 0.000000605. The van der Waals surface area contributed by atoms with E-state index in [0.717, 1.165) is 19.0 Å². The summed E-state index contributed by atoms with van der Waals surface area (Å²) in [5.74, 6) is 0. The van der Waals surface area contributed by atoms with Crippen molar-refractivity contribution in [3.05, 3.63) is 0 Å². The smallest absolute Gasteiger partial charge is 0.0667 e. The molecule has 0 aliphatic carbocycles. The Morgan fingerprint density at radius 1 is 1.18 bits per heavy atom. The molecule has 2 aliphatic heterocycles. The largest absolute Gasteiger partial charge is 0.392 e. The zero-order chi connectivity index (χ0) is 6.97. The van der Waals surface area contributed by atoms with Crippen LogP contribution in [0.4, 0.5) is 0 Å². The average Bonchev–Trinajstić information content (AvgIpc) is 2.33. The molecule has 2 rings (SSSR count). The molecule has 2 saturated heterocycles. The van der Waals surface area contributed by atoms with E-state index >= 15 is 0 Å². The van der Waals surface area contributed by atoms with Gasteiger partial charge in [0.25, 0.3) is 0 Å². The van der Waals surface area contributed by atoms with Crippen LogP contribution in [0.5, 0.6) is 0 Å². The van der Waals surface area contributed by atoms with Crippen molar-refractivity contribution in [1.29, 1.82) is 0 Å². The third kappa shape index (κ3) is 1.86. The SMILES string of the molecule is Cl.OC1CCC2CCCN2C1. The highest BCUT2D eigenvalue weighted by Crippen LogP contribution is 2.26. The highest BCUT2D eigenvalue weighted by atomic mass is 35.5. The third-order valence-corrected chi connectivity index (χ3v) is 2.78. The van der Waals surface area contributed by atoms with Crippen LogP contribution in [-0.2, 0) is 0 Å². The van der Waals surface area contributed by atoms with Crippen molar-refractivity contribution in [3.63, 3.8) is 0 Å². The fraction of sp³-hybridized carbons (Fsp3) is 1.00. The van der Waals surface area contributed by atoms with E-state index in [1.807, 2.05) is 0 Å². The van der Waals surface area contributed by atoms with Gasteiger partial charge in [0.1, 0.15) is 0 Å². The van der Waals surface area contributed by atoms with E-state index in [1.165, 1.54) is 25.8 Å². The first-order valence-electron chi connectivity index (χ1n) is 4.28. The van der Waals surface area contributed by atoms with Gasteiger partial charge < -0.3 is 5.11 Å². The second kappa shape index (κ2) is 3.74. The fourth-order valence-corrected chi connectivity index (χ4v) is 2.21. The summed E-state index contributed by atoms with van der Waals surface area (Å²) in [6.07, 6.45) is 4.93. The van der Waals surface area contributed by atoms with Gasteiger partial charge in [0.05, 0.1) is 6.10 Å². The summed E-state index contributed by atoms with van der Waals surface area (Å²) in [7, 11) is 0. The molecular weight excluding hydrogens is 162 g/mol. The molecule has 0 bridgehead atoms. The molecule has 0 saturated carbocycles. The lowest BCUT2D eigenvalue weighted by atomic mass is 10.0. The number of rotatable bonds is 0. The van der Waals surface area contributed by atoms with Crippen molar-refractivity contribution in [2.45, 2.75) is 37.8 Å². The van der Waals surface area contributed by atoms with Crippen LogP contribution in [-0.4, -0.2) is 35.2 Å². The van der Waals surface area contributed by atoms with E-state index in [9.17, 15) is 5.11 Å². The second-order valence-electron chi connectivity index (χ2n) is 3.52. The molecule has 0 aromatic rings. The number of halogens is 1. The van der Waals surface area contributed by atoms with Crippen molar-refractivity contribution in [2.24, 2.45) is 0 Å². The van der Waals surface area contributed by atoms with Gasteiger partial charge in [-0.3, -0.25) is 4.90 Å². The van der Waals surface area contributed by atoms with Crippen LogP contribution in [0, 0.1) is 0 Å². The Bertz CT molecular complexity index is 131. The monoisotopic (exact) mass is 177 g/mol. The third-order valence-electron chi connectivity index (χ3n) is 2.78. The van der Waals surface area contributed by atoms with Gasteiger partial charge >= 0.3 is 0 Å². The van der Waals surface area contributed by atoms with Crippen LogP contribution >= 0.6 is 12.4 Å². The van der Waals surface area contributed by atoms with Crippen LogP contribution < -0.4 is 0 Å². The molecule has 66 valence electrons. The first-order chi connectivity index (χ1) is 4.86. The number of aliphatic hydroxyl groups excluding tert-OH is 1. The second-order valence-corrected chi connectivity index (χ2v) is 3.52. The predicted octanol–water partition coefficient (Wildman–Crippen LogP) is 1.03. The van der Waals surface area contributed by atoms with Crippen LogP contribution in [0.2, 0.25) is 0 Å². The number of piperidine rings is 1. The van der Waals surface area contributed by atoms with Crippen molar-refractivity contribution in [1.82, 2.24) is 4.90 Å². The summed E-state index contributed by atoms with van der Waals surface area (Å²) in [4.78, 5) is 2.44. The summed E-state index contributed by atoms with van der Waals surface area (Å²) in [6, 6.07) is 0.823. The molecular formula is C8H16ClNO. The van der Waals surface area contributed by atoms with Gasteiger partial charge in [-0.15, -0.1) is 12.4 Å². The van der Waals surface area contributed by atoms with Crippen molar-refractivity contribution in [2.75, 3.05) is 13.1 Å². The minimum absolute atomic E-state index is 0. The minimum atomic E-state index is -0.0330. The zero-order valence-electron chi connectivity index (χ0n) is 6.70. The van der Waals surface area contributed by atoms with E-state index in [4.69, 9.17) is 0 Å². The number of fused-ring (bicyclic) bond motifs is 1. The van der Waals surface area contributed by atoms with Crippen LogP contribution in [0.15, 0.2) is 0 Å². The summed E-state index contributed by atoms with van der Waals surface area (Å²) in [5, 5.41) is 9.31. The molecule has 2 heterocycles. The van der Waals surface area contributed by atoms with E-state index < -0.39 is 0 Å². The first-order valence-corrected chi connectivity index (χ1v) is 4.28. The molecule has 2 aliphatic rings. The van der Waals surface area contributed by atoms with E-state index in [1.54, 1.807) is 0 Å². The maximum atomic E-state index is 9.31. The van der Waals surface area contributed by atoms with Gasteiger partial charge in [0.2, 0.25) is 0 Å². The molecule has 0 aromatic heterocycles. The van der Waals surface area contributed by atoms with E-state index in [-0.39, 0.29) is 18.5 Å². The molecule has 1 N–H and O–H groups in total. The molecule has 11 heavy (non-hydrogen) atoms. The molecule has 0 amide bonds. The quantitative estimate of drug-likeness (QED) is 0.598. The highest BCUT2D eigenvalue weighted by Gasteiger charge is 2.30. The number of hydrogen-bond donors (Lipinski definition) is 1. The summed E-state index contributed by atoms with van der Waals surface area (Å²) in [5.41, 5.74) is 0. The Labute approximate surface area is 74.0 Å². The molecule has 2 unspecified atom stereocenters. The standard InChI is InChI=1S/C8H15NO.ClH/c10-8-4-3-7-2-1-5-9(7)6-8;/h7-8,10H,1-6H2;1H. The van der Waals surface area contributed by atoms with Gasteiger partial charge in [-0.25, -0.2) is 0 Å². The Kier molecular flexibility index (Phi) is 3.16. The number of aliphatic hydroxyl groups is 1. The van der Waals surface area contributed by atoms with Crippen molar-refractivity contribution < 1.29 is 5.11 Å². The predicted molar refractivity (Wildman–Crippen MR) is 47.1 cm³/mol. The molecule has 0 aromatic carbocycles. The zero-order valence-corrected chi connectivity index (χ0v) is 7.52. The van der Waals surface area contributed by atoms with Gasteiger partial charge in [0.15, 0.2) is 0 Å². The number of hydrogen-bond acceptors (Lipinski definition) is 2. The van der Waals surface area contributed by atoms with Gasteiger partial charge in [0, 0.05) is 12.6 Å². The van der Waals surface area contributed by atoms with Gasteiger partial charge in [-0.2, -0.15) is 0 Å². The van der Waals surface area contributed by atoms with Crippen LogP contribution in [0.25, 0.3) is 0 Å².